The van der Waals surface area contributed by atoms with E-state index in [-0.39, 0.29) is 28.0 Å². The van der Waals surface area contributed by atoms with E-state index in [1.54, 1.807) is 48.8 Å². The SMILES string of the molecule is O=C(NCc1ccc(S(=O)(=O)c2cccc3c2OCC3)cc1)c1cc2ccncc2o1. The summed E-state index contributed by atoms with van der Waals surface area (Å²) in [6, 6.07) is 15.0. The molecule has 0 saturated carbocycles. The number of fused-ring (bicyclic) bond motifs is 2. The zero-order valence-corrected chi connectivity index (χ0v) is 17.2. The van der Waals surface area contributed by atoms with Crippen molar-refractivity contribution in [1.82, 2.24) is 10.3 Å². The first-order chi connectivity index (χ1) is 15.0. The molecule has 1 aliphatic rings. The molecule has 8 heteroatoms. The monoisotopic (exact) mass is 434 g/mol. The number of pyridine rings is 1. The Morgan fingerprint density at radius 1 is 1.10 bits per heavy atom. The minimum Gasteiger partial charge on any atom is -0.492 e. The third-order valence-electron chi connectivity index (χ3n) is 5.20. The van der Waals surface area contributed by atoms with E-state index in [1.807, 2.05) is 6.07 Å². The maximum absolute atomic E-state index is 13.1. The summed E-state index contributed by atoms with van der Waals surface area (Å²) in [4.78, 5) is 16.7. The van der Waals surface area contributed by atoms with Gasteiger partial charge in [-0.05, 0) is 41.5 Å². The van der Waals surface area contributed by atoms with Gasteiger partial charge in [0.25, 0.3) is 5.91 Å². The van der Waals surface area contributed by atoms with Gasteiger partial charge >= 0.3 is 0 Å². The fraction of sp³-hybridized carbons (Fsp3) is 0.130. The molecule has 0 aliphatic carbocycles. The van der Waals surface area contributed by atoms with Crippen molar-refractivity contribution in [3.63, 3.8) is 0 Å². The first-order valence-electron chi connectivity index (χ1n) is 9.73. The van der Waals surface area contributed by atoms with Crippen molar-refractivity contribution in [2.45, 2.75) is 22.8 Å². The molecule has 0 spiro atoms. The van der Waals surface area contributed by atoms with E-state index in [4.69, 9.17) is 9.15 Å². The molecule has 1 amide bonds. The van der Waals surface area contributed by atoms with Crippen LogP contribution >= 0.6 is 0 Å². The molecule has 2 aromatic carbocycles. The van der Waals surface area contributed by atoms with Gasteiger partial charge in [0.05, 0.1) is 17.7 Å². The summed E-state index contributed by atoms with van der Waals surface area (Å²) in [5.41, 5.74) is 2.21. The van der Waals surface area contributed by atoms with Gasteiger partial charge in [-0.15, -0.1) is 0 Å². The van der Waals surface area contributed by atoms with Crippen LogP contribution in [-0.4, -0.2) is 25.9 Å². The van der Waals surface area contributed by atoms with Gasteiger partial charge in [0, 0.05) is 24.5 Å². The fourth-order valence-electron chi connectivity index (χ4n) is 3.58. The third kappa shape index (κ3) is 3.55. The normalized spacial score (nSPS) is 13.0. The smallest absolute Gasteiger partial charge is 0.287 e. The molecule has 1 aliphatic heterocycles. The Labute approximate surface area is 178 Å². The zero-order chi connectivity index (χ0) is 21.4. The van der Waals surface area contributed by atoms with Crippen LogP contribution in [0, 0.1) is 0 Å². The Kier molecular flexibility index (Phi) is 4.71. The Hall–Kier alpha value is -3.65. The van der Waals surface area contributed by atoms with Crippen molar-refractivity contribution in [1.29, 1.82) is 0 Å². The molecule has 0 saturated heterocycles. The Bertz CT molecular complexity index is 1360. The molecule has 2 aromatic heterocycles. The van der Waals surface area contributed by atoms with Gasteiger partial charge < -0.3 is 14.5 Å². The second-order valence-electron chi connectivity index (χ2n) is 7.20. The van der Waals surface area contributed by atoms with E-state index in [9.17, 15) is 13.2 Å². The fourth-order valence-corrected chi connectivity index (χ4v) is 5.02. The highest BCUT2D eigenvalue weighted by Gasteiger charge is 2.26. The van der Waals surface area contributed by atoms with Crippen LogP contribution in [0.5, 0.6) is 5.75 Å². The van der Waals surface area contributed by atoms with E-state index >= 15 is 0 Å². The largest absolute Gasteiger partial charge is 0.492 e. The molecule has 0 fully saturated rings. The number of carbonyl (C=O) groups is 1. The first-order valence-corrected chi connectivity index (χ1v) is 11.2. The molecule has 31 heavy (non-hydrogen) atoms. The van der Waals surface area contributed by atoms with Crippen LogP contribution in [0.1, 0.15) is 21.7 Å². The Morgan fingerprint density at radius 3 is 2.74 bits per heavy atom. The summed E-state index contributed by atoms with van der Waals surface area (Å²) >= 11 is 0. The van der Waals surface area contributed by atoms with Crippen LogP contribution in [-0.2, 0) is 22.8 Å². The van der Waals surface area contributed by atoms with Gasteiger partial charge in [-0.2, -0.15) is 0 Å². The van der Waals surface area contributed by atoms with E-state index in [1.165, 1.54) is 12.1 Å². The quantitative estimate of drug-likeness (QED) is 0.516. The lowest BCUT2D eigenvalue weighted by molar-refractivity contribution is 0.0925. The molecule has 7 nitrogen and oxygen atoms in total. The predicted octanol–water partition coefficient (Wildman–Crippen LogP) is 3.53. The molecule has 0 radical (unpaired) electrons. The zero-order valence-electron chi connectivity index (χ0n) is 16.4. The molecular formula is C23H18N2O5S. The second-order valence-corrected chi connectivity index (χ2v) is 9.12. The Balaban J connectivity index is 1.31. The van der Waals surface area contributed by atoms with Crippen molar-refractivity contribution in [3.8, 4) is 5.75 Å². The average Bonchev–Trinajstić information content (AvgIpc) is 3.44. The minimum absolute atomic E-state index is 0.177. The summed E-state index contributed by atoms with van der Waals surface area (Å²) in [5, 5.41) is 3.57. The molecule has 156 valence electrons. The highest BCUT2D eigenvalue weighted by molar-refractivity contribution is 7.91. The van der Waals surface area contributed by atoms with Gasteiger partial charge in [-0.1, -0.05) is 24.3 Å². The maximum atomic E-state index is 13.1. The van der Waals surface area contributed by atoms with Gasteiger partial charge in [-0.25, -0.2) is 8.42 Å². The van der Waals surface area contributed by atoms with Crippen LogP contribution in [0.3, 0.4) is 0 Å². The topological polar surface area (TPSA) is 98.5 Å². The maximum Gasteiger partial charge on any atom is 0.287 e. The molecular weight excluding hydrogens is 416 g/mol. The number of sulfone groups is 1. The second kappa shape index (κ2) is 7.55. The van der Waals surface area contributed by atoms with Crippen molar-refractivity contribution in [2.75, 3.05) is 6.61 Å². The third-order valence-corrected chi connectivity index (χ3v) is 6.99. The number of hydrogen-bond donors (Lipinski definition) is 1. The number of amides is 1. The number of ether oxygens (including phenoxy) is 1. The van der Waals surface area contributed by atoms with E-state index in [0.717, 1.165) is 16.5 Å². The summed E-state index contributed by atoms with van der Waals surface area (Å²) in [6.07, 6.45) is 3.89. The highest BCUT2D eigenvalue weighted by atomic mass is 32.2. The van der Waals surface area contributed by atoms with Gasteiger partial charge in [0.1, 0.15) is 10.6 Å². The highest BCUT2D eigenvalue weighted by Crippen LogP contribution is 2.35. The number of furan rings is 1. The Morgan fingerprint density at radius 2 is 1.94 bits per heavy atom. The van der Waals surface area contributed by atoms with Gasteiger partial charge in [0.2, 0.25) is 9.84 Å². The van der Waals surface area contributed by atoms with Gasteiger partial charge in [-0.3, -0.25) is 9.78 Å². The summed E-state index contributed by atoms with van der Waals surface area (Å²) in [6.45, 7) is 0.723. The van der Waals surface area contributed by atoms with Crippen LogP contribution in [0.25, 0.3) is 11.0 Å². The van der Waals surface area contributed by atoms with E-state index in [2.05, 4.69) is 10.3 Å². The molecule has 4 aromatic rings. The molecule has 1 N–H and O–H groups in total. The lowest BCUT2D eigenvalue weighted by atomic mass is 10.2. The van der Waals surface area contributed by atoms with Crippen molar-refractivity contribution >= 4 is 26.7 Å². The summed E-state index contributed by atoms with van der Waals surface area (Å²) in [7, 11) is -3.70. The minimum atomic E-state index is -3.70. The van der Waals surface area contributed by atoms with Crippen molar-refractivity contribution < 1.29 is 22.4 Å². The average molecular weight is 434 g/mol. The predicted molar refractivity (Wildman–Crippen MR) is 113 cm³/mol. The lowest BCUT2D eigenvalue weighted by Crippen LogP contribution is -2.22. The number of nitrogens with zero attached hydrogens (tertiary/aromatic N) is 1. The standard InChI is InChI=1S/C23H18N2O5S/c26-23(19-12-17-8-10-24-14-20(17)30-19)25-13-15-4-6-18(7-5-15)31(27,28)21-3-1-2-16-9-11-29-22(16)21/h1-8,10,12,14H,9,11,13H2,(H,25,26). The first kappa shape index (κ1) is 19.3. The van der Waals surface area contributed by atoms with E-state index in [0.29, 0.717) is 24.4 Å². The number of para-hydroxylation sites is 1. The van der Waals surface area contributed by atoms with Gasteiger partial charge in [0.15, 0.2) is 11.3 Å². The number of nitrogens with one attached hydrogen (secondary N) is 1. The number of carbonyl (C=O) groups excluding carboxylic acids is 1. The number of benzene rings is 2. The van der Waals surface area contributed by atoms with Crippen LogP contribution < -0.4 is 10.1 Å². The van der Waals surface area contributed by atoms with Crippen molar-refractivity contribution in [3.05, 3.63) is 83.9 Å². The van der Waals surface area contributed by atoms with Crippen molar-refractivity contribution in [2.24, 2.45) is 0 Å². The van der Waals surface area contributed by atoms with E-state index < -0.39 is 9.84 Å². The molecule has 0 unspecified atom stereocenters. The lowest BCUT2D eigenvalue weighted by Gasteiger charge is -2.10. The molecule has 5 rings (SSSR count). The molecule has 0 atom stereocenters. The van der Waals surface area contributed by atoms with Crippen LogP contribution in [0.4, 0.5) is 0 Å². The molecule has 0 bridgehead atoms. The number of hydrogen-bond acceptors (Lipinski definition) is 6. The van der Waals surface area contributed by atoms with Crippen LogP contribution in [0.15, 0.2) is 81.2 Å². The summed E-state index contributed by atoms with van der Waals surface area (Å²) in [5.74, 6) is 0.282. The number of rotatable bonds is 5. The summed E-state index contributed by atoms with van der Waals surface area (Å²) < 4.78 is 37.2. The molecule has 3 heterocycles. The number of aromatic nitrogens is 1. The van der Waals surface area contributed by atoms with Crippen LogP contribution in [0.2, 0.25) is 0 Å².